The van der Waals surface area contributed by atoms with Gasteiger partial charge >= 0.3 is 0 Å². The first kappa shape index (κ1) is 17.9. The van der Waals surface area contributed by atoms with E-state index in [2.05, 4.69) is 46.6 Å². The number of fused-ring (bicyclic) bond motifs is 4. The van der Waals surface area contributed by atoms with E-state index in [0.29, 0.717) is 6.04 Å². The molecule has 0 radical (unpaired) electrons. The third-order valence-corrected chi connectivity index (χ3v) is 5.76. The van der Waals surface area contributed by atoms with Crippen LogP contribution in [0.3, 0.4) is 0 Å². The molecule has 3 aliphatic rings. The summed E-state index contributed by atoms with van der Waals surface area (Å²) in [5.41, 5.74) is 2.67. The van der Waals surface area contributed by atoms with Crippen molar-refractivity contribution in [1.29, 1.82) is 0 Å². The van der Waals surface area contributed by atoms with E-state index < -0.39 is 0 Å². The number of hydrogen-bond donors (Lipinski definition) is 0. The van der Waals surface area contributed by atoms with E-state index in [9.17, 15) is 0 Å². The highest BCUT2D eigenvalue weighted by Gasteiger charge is 2.34. The Bertz CT molecular complexity index is 553. The number of nitrogens with zero attached hydrogens (tertiary/aromatic N) is 4. The predicted octanol–water partition coefficient (Wildman–Crippen LogP) is 3.45. The van der Waals surface area contributed by atoms with Gasteiger partial charge in [-0.1, -0.05) is 30.3 Å². The van der Waals surface area contributed by atoms with Gasteiger partial charge < -0.3 is 0 Å². The quantitative estimate of drug-likeness (QED) is 0.447. The van der Waals surface area contributed by atoms with Crippen LogP contribution >= 0.6 is 11.8 Å². The van der Waals surface area contributed by atoms with Crippen molar-refractivity contribution in [3.05, 3.63) is 29.6 Å². The molecule has 4 nitrogen and oxygen atoms in total. The molecule has 0 aromatic carbocycles. The molecule has 4 rings (SSSR count). The van der Waals surface area contributed by atoms with E-state index in [1.807, 2.05) is 12.4 Å². The van der Waals surface area contributed by atoms with Crippen LogP contribution in [0.2, 0.25) is 0 Å². The van der Waals surface area contributed by atoms with E-state index >= 15 is 0 Å². The number of rotatable bonds is 6. The second-order valence-corrected chi connectivity index (χ2v) is 8.56. The maximum absolute atomic E-state index is 4.48. The molecule has 2 atom stereocenters. The van der Waals surface area contributed by atoms with Crippen LogP contribution in [0, 0.1) is 5.92 Å². The second kappa shape index (κ2) is 8.45. The molecule has 1 aromatic heterocycles. The lowest BCUT2D eigenvalue weighted by molar-refractivity contribution is 0.146. The summed E-state index contributed by atoms with van der Waals surface area (Å²) in [5.74, 6) is 1.83. The van der Waals surface area contributed by atoms with Crippen LogP contribution in [0.4, 0.5) is 0 Å². The summed E-state index contributed by atoms with van der Waals surface area (Å²) in [7, 11) is 0. The van der Waals surface area contributed by atoms with Gasteiger partial charge in [0.1, 0.15) is 0 Å². The van der Waals surface area contributed by atoms with Crippen LogP contribution in [0.15, 0.2) is 29.2 Å². The maximum atomic E-state index is 4.48. The maximum Gasteiger partial charge on any atom is 0.187 e. The highest BCUT2D eigenvalue weighted by Crippen LogP contribution is 2.28. The first-order valence-corrected chi connectivity index (χ1v) is 10.2. The SMILES string of the molecule is CCSc1ncc(CN2CC3CCC(C2)N(CC=C(C)C)C3)cn1. The average Bonchev–Trinajstić information content (AvgIpc) is 2.85. The second-order valence-electron chi connectivity index (χ2n) is 7.33. The summed E-state index contributed by atoms with van der Waals surface area (Å²) in [6, 6.07) is 0.704. The fourth-order valence-electron chi connectivity index (χ4n) is 3.82. The lowest BCUT2D eigenvalue weighted by Crippen LogP contribution is -2.43. The van der Waals surface area contributed by atoms with Crippen molar-refractivity contribution in [3.8, 4) is 0 Å². The van der Waals surface area contributed by atoms with Crippen molar-refractivity contribution < 1.29 is 0 Å². The Morgan fingerprint density at radius 3 is 2.71 bits per heavy atom. The van der Waals surface area contributed by atoms with Gasteiger partial charge in [0, 0.05) is 56.7 Å². The molecule has 0 spiro atoms. The summed E-state index contributed by atoms with van der Waals surface area (Å²) in [5, 5.41) is 0.894. The zero-order chi connectivity index (χ0) is 16.9. The molecule has 0 amide bonds. The highest BCUT2D eigenvalue weighted by molar-refractivity contribution is 7.99. The minimum absolute atomic E-state index is 0.704. The Balaban J connectivity index is 1.60. The van der Waals surface area contributed by atoms with Crippen molar-refractivity contribution in [2.45, 2.75) is 51.4 Å². The van der Waals surface area contributed by atoms with Crippen LogP contribution in [0.1, 0.15) is 39.2 Å². The summed E-state index contributed by atoms with van der Waals surface area (Å²) in [6.45, 7) is 12.3. The van der Waals surface area contributed by atoms with E-state index in [-0.39, 0.29) is 0 Å². The first-order valence-electron chi connectivity index (χ1n) is 9.17. The van der Waals surface area contributed by atoms with Crippen molar-refractivity contribution in [2.24, 2.45) is 5.92 Å². The topological polar surface area (TPSA) is 32.3 Å². The van der Waals surface area contributed by atoms with Gasteiger partial charge in [-0.25, -0.2) is 9.97 Å². The Hall–Kier alpha value is -0.910. The number of thioether (sulfide) groups is 1. The standard InChI is InChI=1S/C19H30N4S/c1-4-24-19-20-9-17(10-21-19)12-22-11-16-5-6-18(14-22)23(13-16)8-7-15(2)3/h7,9-10,16,18H,4-6,8,11-14H2,1-3H3. The van der Waals surface area contributed by atoms with Crippen molar-refractivity contribution in [1.82, 2.24) is 19.8 Å². The van der Waals surface area contributed by atoms with Gasteiger partial charge in [-0.15, -0.1) is 0 Å². The van der Waals surface area contributed by atoms with E-state index in [1.165, 1.54) is 43.6 Å². The third-order valence-electron chi connectivity index (χ3n) is 5.00. The van der Waals surface area contributed by atoms with Crippen LogP contribution in [0.5, 0.6) is 0 Å². The Labute approximate surface area is 150 Å². The summed E-state index contributed by atoms with van der Waals surface area (Å²) < 4.78 is 0. The van der Waals surface area contributed by atoms with Gasteiger partial charge in [-0.2, -0.15) is 0 Å². The Morgan fingerprint density at radius 2 is 2.00 bits per heavy atom. The van der Waals surface area contributed by atoms with Gasteiger partial charge in [0.25, 0.3) is 0 Å². The molecule has 2 unspecified atom stereocenters. The van der Waals surface area contributed by atoms with Gasteiger partial charge in [0.2, 0.25) is 0 Å². The van der Waals surface area contributed by atoms with Crippen LogP contribution < -0.4 is 0 Å². The van der Waals surface area contributed by atoms with Crippen LogP contribution in [0.25, 0.3) is 0 Å². The number of allylic oxidation sites excluding steroid dienone is 1. The molecule has 3 saturated heterocycles. The highest BCUT2D eigenvalue weighted by atomic mass is 32.2. The Morgan fingerprint density at radius 1 is 1.21 bits per heavy atom. The number of aromatic nitrogens is 2. The van der Waals surface area contributed by atoms with E-state index in [0.717, 1.165) is 29.9 Å². The Kier molecular flexibility index (Phi) is 6.31. The fraction of sp³-hybridized carbons (Fsp3) is 0.684. The largest absolute Gasteiger partial charge is 0.297 e. The smallest absolute Gasteiger partial charge is 0.187 e. The first-order chi connectivity index (χ1) is 11.6. The zero-order valence-corrected chi connectivity index (χ0v) is 16.1. The van der Waals surface area contributed by atoms with Crippen LogP contribution in [-0.4, -0.2) is 57.7 Å². The minimum Gasteiger partial charge on any atom is -0.297 e. The van der Waals surface area contributed by atoms with E-state index in [4.69, 9.17) is 0 Å². The predicted molar refractivity (Wildman–Crippen MR) is 101 cm³/mol. The summed E-state index contributed by atoms with van der Waals surface area (Å²) in [6.07, 6.45) is 9.13. The zero-order valence-electron chi connectivity index (χ0n) is 15.2. The average molecular weight is 347 g/mol. The molecule has 0 N–H and O–H groups in total. The van der Waals surface area contributed by atoms with Crippen molar-refractivity contribution in [3.63, 3.8) is 0 Å². The lowest BCUT2D eigenvalue weighted by atomic mass is 9.95. The van der Waals surface area contributed by atoms with Gasteiger partial charge in [0.15, 0.2) is 5.16 Å². The van der Waals surface area contributed by atoms with Gasteiger partial charge in [0.05, 0.1) is 0 Å². The molecule has 1 aromatic rings. The van der Waals surface area contributed by atoms with Crippen molar-refractivity contribution >= 4 is 11.8 Å². The van der Waals surface area contributed by atoms with Gasteiger partial charge in [-0.3, -0.25) is 9.80 Å². The molecular weight excluding hydrogens is 316 g/mol. The fourth-order valence-corrected chi connectivity index (χ4v) is 4.33. The normalized spacial score (nSPS) is 24.8. The molecule has 3 fully saturated rings. The molecule has 24 heavy (non-hydrogen) atoms. The lowest BCUT2D eigenvalue weighted by Gasteiger charge is -2.35. The van der Waals surface area contributed by atoms with Crippen molar-refractivity contribution in [2.75, 3.05) is 31.9 Å². The van der Waals surface area contributed by atoms with E-state index in [1.54, 1.807) is 11.8 Å². The van der Waals surface area contributed by atoms with Crippen LogP contribution in [-0.2, 0) is 6.54 Å². The number of piperidine rings is 1. The molecular formula is C19H30N4S. The molecule has 132 valence electrons. The molecule has 0 aliphatic carbocycles. The molecule has 2 bridgehead atoms. The molecule has 0 saturated carbocycles. The molecule has 4 heterocycles. The number of hydrogen-bond acceptors (Lipinski definition) is 5. The molecule has 3 aliphatic heterocycles. The third kappa shape index (κ3) is 4.80. The monoisotopic (exact) mass is 346 g/mol. The molecule has 5 heteroatoms. The van der Waals surface area contributed by atoms with Gasteiger partial charge in [-0.05, 0) is 38.4 Å². The summed E-state index contributed by atoms with van der Waals surface area (Å²) >= 11 is 1.70. The minimum atomic E-state index is 0.704. The summed E-state index contributed by atoms with van der Waals surface area (Å²) in [4.78, 5) is 14.3.